The Labute approximate surface area is 196 Å². The summed E-state index contributed by atoms with van der Waals surface area (Å²) >= 11 is 0. The molecule has 1 aromatic carbocycles. The summed E-state index contributed by atoms with van der Waals surface area (Å²) in [5, 5.41) is 5.81. The van der Waals surface area contributed by atoms with E-state index in [2.05, 4.69) is 72.0 Å². The minimum atomic E-state index is 0.0677. The quantitative estimate of drug-likeness (QED) is 0.501. The van der Waals surface area contributed by atoms with Crippen LogP contribution < -0.4 is 0 Å². The second-order valence-electron chi connectivity index (χ2n) is 10.4. The normalized spacial score (nSPS) is 23.6. The third kappa shape index (κ3) is 4.72. The van der Waals surface area contributed by atoms with E-state index < -0.39 is 0 Å². The summed E-state index contributed by atoms with van der Waals surface area (Å²) in [6.07, 6.45) is 11.4. The van der Waals surface area contributed by atoms with E-state index in [4.69, 9.17) is 4.74 Å². The van der Waals surface area contributed by atoms with Crippen molar-refractivity contribution in [2.75, 3.05) is 13.2 Å². The van der Waals surface area contributed by atoms with Gasteiger partial charge in [0.1, 0.15) is 6.23 Å². The minimum absolute atomic E-state index is 0.0677. The number of hydrogen-bond acceptors (Lipinski definition) is 3. The molecule has 3 unspecified atom stereocenters. The third-order valence-electron chi connectivity index (χ3n) is 7.18. The molecule has 6 heteroatoms. The Balaban J connectivity index is 1.28. The molecule has 0 N–H and O–H groups in total. The number of nitrogens with zero attached hydrogens (tertiary/aromatic N) is 4. The van der Waals surface area contributed by atoms with Crippen LogP contribution in [0.4, 0.5) is 0 Å². The van der Waals surface area contributed by atoms with E-state index in [0.29, 0.717) is 30.2 Å². The Morgan fingerprint density at radius 2 is 2.09 bits per heavy atom. The summed E-state index contributed by atoms with van der Waals surface area (Å²) in [6, 6.07) is 9.20. The van der Waals surface area contributed by atoms with Gasteiger partial charge in [-0.15, -0.1) is 0 Å². The van der Waals surface area contributed by atoms with Crippen LogP contribution in [0.5, 0.6) is 0 Å². The first-order valence-electron chi connectivity index (χ1n) is 12.5. The van der Waals surface area contributed by atoms with Gasteiger partial charge in [0.2, 0.25) is 5.91 Å². The molecule has 0 radical (unpaired) electrons. The van der Waals surface area contributed by atoms with E-state index in [9.17, 15) is 4.79 Å². The number of carbonyl (C=O) groups excluding carboxylic acids is 1. The van der Waals surface area contributed by atoms with Crippen LogP contribution in [0, 0.1) is 11.8 Å². The number of carbonyl (C=O) groups is 1. The number of amides is 1. The van der Waals surface area contributed by atoms with Crippen LogP contribution in [0.1, 0.15) is 59.1 Å². The highest BCUT2D eigenvalue weighted by atomic mass is 16.5. The van der Waals surface area contributed by atoms with E-state index in [1.165, 1.54) is 22.9 Å². The van der Waals surface area contributed by atoms with Crippen LogP contribution in [0.25, 0.3) is 22.0 Å². The van der Waals surface area contributed by atoms with Crippen LogP contribution in [0.15, 0.2) is 42.9 Å². The van der Waals surface area contributed by atoms with Crippen LogP contribution in [-0.2, 0) is 16.1 Å². The average molecular weight is 449 g/mol. The van der Waals surface area contributed by atoms with Crippen LogP contribution in [-0.4, -0.2) is 44.3 Å². The Hall–Kier alpha value is -2.60. The Kier molecular flexibility index (Phi) is 6.28. The van der Waals surface area contributed by atoms with Gasteiger partial charge >= 0.3 is 0 Å². The number of ether oxygens (including phenoxy) is 1. The molecule has 6 nitrogen and oxygen atoms in total. The van der Waals surface area contributed by atoms with Gasteiger partial charge < -0.3 is 14.2 Å². The molecular formula is C27H36N4O2. The van der Waals surface area contributed by atoms with Crippen molar-refractivity contribution in [2.45, 2.75) is 71.7 Å². The second-order valence-corrected chi connectivity index (χ2v) is 10.4. The molecule has 3 aromatic rings. The molecule has 2 fully saturated rings. The van der Waals surface area contributed by atoms with Gasteiger partial charge in [0.15, 0.2) is 0 Å². The van der Waals surface area contributed by atoms with Gasteiger partial charge in [-0.25, -0.2) is 4.68 Å². The average Bonchev–Trinajstić information content (AvgIpc) is 3.53. The monoisotopic (exact) mass is 448 g/mol. The number of hydrogen-bond donors (Lipinski definition) is 0. The first-order chi connectivity index (χ1) is 16.0. The van der Waals surface area contributed by atoms with Crippen LogP contribution in [0.2, 0.25) is 0 Å². The van der Waals surface area contributed by atoms with E-state index in [-0.39, 0.29) is 6.23 Å². The van der Waals surface area contributed by atoms with E-state index in [1.807, 2.05) is 10.9 Å². The lowest BCUT2D eigenvalue weighted by atomic mass is 10.1. The highest BCUT2D eigenvalue weighted by Gasteiger charge is 2.32. The zero-order valence-corrected chi connectivity index (χ0v) is 20.1. The van der Waals surface area contributed by atoms with Gasteiger partial charge in [0.25, 0.3) is 0 Å². The Morgan fingerprint density at radius 3 is 2.88 bits per heavy atom. The van der Waals surface area contributed by atoms with Crippen LogP contribution in [0.3, 0.4) is 0 Å². The lowest BCUT2D eigenvalue weighted by Crippen LogP contribution is -2.34. The van der Waals surface area contributed by atoms with Crippen molar-refractivity contribution in [3.05, 3.63) is 42.9 Å². The molecule has 2 aliphatic heterocycles. The van der Waals surface area contributed by atoms with Gasteiger partial charge in [-0.2, -0.15) is 5.10 Å². The summed E-state index contributed by atoms with van der Waals surface area (Å²) < 4.78 is 10.2. The standard InChI is InChI=1S/C27H36N4O2/c1-19(2)12-26(32)30-17-21(13-20(30)3)16-29-10-9-23-14-22(7-8-25(23)29)24-15-28-31(18-24)27-6-4-5-11-33-27/h7-10,14-15,18-21,27H,4-6,11-13,16-17H2,1-3H3. The summed E-state index contributed by atoms with van der Waals surface area (Å²) in [5.74, 6) is 1.22. The largest absolute Gasteiger partial charge is 0.357 e. The summed E-state index contributed by atoms with van der Waals surface area (Å²) in [6.45, 7) is 9.07. The molecule has 33 heavy (non-hydrogen) atoms. The van der Waals surface area contributed by atoms with Gasteiger partial charge in [-0.05, 0) is 68.2 Å². The van der Waals surface area contributed by atoms with Crippen LogP contribution >= 0.6 is 0 Å². The number of aromatic nitrogens is 3. The summed E-state index contributed by atoms with van der Waals surface area (Å²) in [5.41, 5.74) is 3.56. The highest BCUT2D eigenvalue weighted by Crippen LogP contribution is 2.30. The molecule has 0 aliphatic carbocycles. The summed E-state index contributed by atoms with van der Waals surface area (Å²) in [4.78, 5) is 14.7. The van der Waals surface area contributed by atoms with Gasteiger partial charge in [-0.3, -0.25) is 4.79 Å². The number of rotatable bonds is 6. The fourth-order valence-electron chi connectivity index (χ4n) is 5.48. The maximum absolute atomic E-state index is 12.6. The fraction of sp³-hybridized carbons (Fsp3) is 0.556. The predicted molar refractivity (Wildman–Crippen MR) is 131 cm³/mol. The zero-order valence-electron chi connectivity index (χ0n) is 20.1. The molecule has 3 atom stereocenters. The molecule has 4 heterocycles. The smallest absolute Gasteiger partial charge is 0.223 e. The van der Waals surface area contributed by atoms with Gasteiger partial charge in [0, 0.05) is 61.0 Å². The van der Waals surface area contributed by atoms with Crippen molar-refractivity contribution in [1.29, 1.82) is 0 Å². The summed E-state index contributed by atoms with van der Waals surface area (Å²) in [7, 11) is 0. The van der Waals surface area contributed by atoms with Crippen molar-refractivity contribution < 1.29 is 9.53 Å². The fourth-order valence-corrected chi connectivity index (χ4v) is 5.48. The van der Waals surface area contributed by atoms with Crippen molar-refractivity contribution >= 4 is 16.8 Å². The molecule has 2 aliphatic rings. The Morgan fingerprint density at radius 1 is 1.21 bits per heavy atom. The first kappa shape index (κ1) is 22.2. The maximum atomic E-state index is 12.6. The lowest BCUT2D eigenvalue weighted by molar-refractivity contribution is -0.132. The topological polar surface area (TPSA) is 52.3 Å². The molecule has 5 rings (SSSR count). The van der Waals surface area contributed by atoms with Gasteiger partial charge in [-0.1, -0.05) is 19.9 Å². The molecule has 0 spiro atoms. The van der Waals surface area contributed by atoms with Crippen molar-refractivity contribution in [1.82, 2.24) is 19.2 Å². The van der Waals surface area contributed by atoms with E-state index in [0.717, 1.165) is 44.5 Å². The zero-order chi connectivity index (χ0) is 22.9. The highest BCUT2D eigenvalue weighted by molar-refractivity contribution is 5.85. The van der Waals surface area contributed by atoms with Gasteiger partial charge in [0.05, 0.1) is 6.20 Å². The number of benzene rings is 1. The van der Waals surface area contributed by atoms with Crippen molar-refractivity contribution in [2.24, 2.45) is 11.8 Å². The molecular weight excluding hydrogens is 412 g/mol. The molecule has 2 aromatic heterocycles. The third-order valence-corrected chi connectivity index (χ3v) is 7.18. The molecule has 0 saturated carbocycles. The van der Waals surface area contributed by atoms with Crippen molar-refractivity contribution in [3.63, 3.8) is 0 Å². The number of likely N-dealkylation sites (tertiary alicyclic amines) is 1. The second kappa shape index (κ2) is 9.34. The van der Waals surface area contributed by atoms with Crippen molar-refractivity contribution in [3.8, 4) is 11.1 Å². The molecule has 2 saturated heterocycles. The number of fused-ring (bicyclic) bond motifs is 1. The first-order valence-corrected chi connectivity index (χ1v) is 12.5. The van der Waals surface area contributed by atoms with E-state index >= 15 is 0 Å². The predicted octanol–water partition coefficient (Wildman–Crippen LogP) is 5.49. The maximum Gasteiger partial charge on any atom is 0.223 e. The molecule has 176 valence electrons. The molecule has 0 bridgehead atoms. The molecule has 1 amide bonds. The Bertz CT molecular complexity index is 1110. The van der Waals surface area contributed by atoms with E-state index in [1.54, 1.807) is 0 Å². The lowest BCUT2D eigenvalue weighted by Gasteiger charge is -2.22. The SMILES string of the molecule is CC(C)CC(=O)N1CC(Cn2ccc3cc(-c4cnn(C5CCCCO5)c4)ccc32)CC1C. The minimum Gasteiger partial charge on any atom is -0.357 e.